The van der Waals surface area contributed by atoms with E-state index in [0.717, 1.165) is 23.3 Å². The topological polar surface area (TPSA) is 111 Å². The fourth-order valence-corrected chi connectivity index (χ4v) is 7.57. The van der Waals surface area contributed by atoms with E-state index in [0.29, 0.717) is 58.3 Å². The number of ketones is 1. The van der Waals surface area contributed by atoms with Crippen molar-refractivity contribution < 1.29 is 28.9 Å². The zero-order chi connectivity index (χ0) is 33.9. The van der Waals surface area contributed by atoms with Crippen molar-refractivity contribution >= 4 is 45.7 Å². The molecule has 2 atom stereocenters. The predicted octanol–water partition coefficient (Wildman–Crippen LogP) is 7.91. The number of amides is 1. The normalized spacial score (nSPS) is 18.3. The number of nitrogens with zero attached hydrogens (tertiary/aromatic N) is 3. The molecule has 3 aromatic carbocycles. The number of aliphatic hydroxyl groups is 1. The van der Waals surface area contributed by atoms with Gasteiger partial charge in [0.25, 0.3) is 5.78 Å². The summed E-state index contributed by atoms with van der Waals surface area (Å²) < 4.78 is 18.6. The molecule has 250 valence electrons. The zero-order valence-electron chi connectivity index (χ0n) is 27.7. The van der Waals surface area contributed by atoms with Crippen LogP contribution in [0.5, 0.6) is 17.2 Å². The Morgan fingerprint density at radius 1 is 1.06 bits per heavy atom. The molecule has 2 aliphatic rings. The van der Waals surface area contributed by atoms with Crippen LogP contribution in [0.15, 0.2) is 70.6 Å². The average Bonchev–Trinajstić information content (AvgIpc) is 3.75. The van der Waals surface area contributed by atoms with Crippen molar-refractivity contribution in [3.8, 4) is 17.2 Å². The summed E-state index contributed by atoms with van der Waals surface area (Å²) in [6, 6.07) is 18.0. The van der Waals surface area contributed by atoms with Crippen molar-refractivity contribution in [3.05, 3.63) is 94.1 Å². The lowest BCUT2D eigenvalue weighted by Gasteiger charge is -2.24. The molecule has 1 saturated heterocycles. The van der Waals surface area contributed by atoms with Crippen molar-refractivity contribution in [1.29, 1.82) is 0 Å². The number of carbonyl (C=O) groups is 2. The van der Waals surface area contributed by atoms with Crippen LogP contribution in [-0.2, 0) is 21.8 Å². The van der Waals surface area contributed by atoms with Gasteiger partial charge < -0.3 is 19.3 Å². The number of aryl methyl sites for hydroxylation is 1. The Hall–Kier alpha value is -4.35. The van der Waals surface area contributed by atoms with E-state index >= 15 is 0 Å². The van der Waals surface area contributed by atoms with Gasteiger partial charge in [-0.1, -0.05) is 72.8 Å². The summed E-state index contributed by atoms with van der Waals surface area (Å²) in [6.07, 6.45) is 1.56. The van der Waals surface area contributed by atoms with Gasteiger partial charge in [-0.15, -0.1) is 10.2 Å². The molecule has 1 amide bonds. The molecule has 6 rings (SSSR count). The summed E-state index contributed by atoms with van der Waals surface area (Å²) >= 11 is 2.74. The highest BCUT2D eigenvalue weighted by Gasteiger charge is 2.48. The summed E-state index contributed by atoms with van der Waals surface area (Å²) in [5.74, 6) is 1.08. The van der Waals surface area contributed by atoms with Gasteiger partial charge >= 0.3 is 5.91 Å². The van der Waals surface area contributed by atoms with Crippen molar-refractivity contribution in [2.45, 2.75) is 69.7 Å². The molecule has 1 aromatic heterocycles. The van der Waals surface area contributed by atoms with E-state index in [1.807, 2.05) is 26.8 Å². The highest BCUT2D eigenvalue weighted by molar-refractivity contribution is 8.00. The molecule has 11 heteroatoms. The van der Waals surface area contributed by atoms with Crippen LogP contribution in [0.1, 0.15) is 68.0 Å². The summed E-state index contributed by atoms with van der Waals surface area (Å²) in [7, 11) is 0. The number of carbonyl (C=O) groups excluding carboxylic acids is 2. The van der Waals surface area contributed by atoms with E-state index in [4.69, 9.17) is 14.2 Å². The smallest absolute Gasteiger partial charge is 0.301 e. The van der Waals surface area contributed by atoms with Gasteiger partial charge in [0.2, 0.25) is 5.13 Å². The third kappa shape index (κ3) is 7.07. The number of hydrogen-bond acceptors (Lipinski definition) is 10. The van der Waals surface area contributed by atoms with Gasteiger partial charge in [-0.05, 0) is 80.1 Å². The van der Waals surface area contributed by atoms with Crippen molar-refractivity contribution in [2.24, 2.45) is 5.92 Å². The molecule has 0 unspecified atom stereocenters. The van der Waals surface area contributed by atoms with Crippen LogP contribution >= 0.6 is 23.1 Å². The molecule has 1 N–H and O–H groups in total. The highest BCUT2D eigenvalue weighted by atomic mass is 32.2. The minimum atomic E-state index is -0.986. The van der Waals surface area contributed by atoms with Gasteiger partial charge in [0, 0.05) is 17.7 Å². The number of aliphatic hydroxyl groups excluding tert-OH is 1. The number of hydrogen-bond donors (Lipinski definition) is 1. The van der Waals surface area contributed by atoms with E-state index in [2.05, 4.69) is 48.3 Å². The van der Waals surface area contributed by atoms with Crippen LogP contribution in [0.3, 0.4) is 0 Å². The van der Waals surface area contributed by atoms with Crippen LogP contribution in [0.25, 0.3) is 5.76 Å². The number of fused-ring (bicyclic) bond motifs is 1. The number of anilines is 1. The van der Waals surface area contributed by atoms with Crippen LogP contribution < -0.4 is 19.1 Å². The Balaban J connectivity index is 1.40. The van der Waals surface area contributed by atoms with Crippen LogP contribution in [0, 0.1) is 12.8 Å². The molecule has 0 radical (unpaired) electrons. The Morgan fingerprint density at radius 3 is 2.60 bits per heavy atom. The maximum atomic E-state index is 13.9. The summed E-state index contributed by atoms with van der Waals surface area (Å²) in [5, 5.41) is 20.8. The first-order valence-corrected chi connectivity index (χ1v) is 18.0. The Bertz CT molecular complexity index is 1850. The van der Waals surface area contributed by atoms with Gasteiger partial charge in [-0.25, -0.2) is 0 Å². The number of benzene rings is 3. The monoisotopic (exact) mass is 685 g/mol. The lowest BCUT2D eigenvalue weighted by molar-refractivity contribution is -0.132. The standard InChI is InChI=1S/C37H39N3O6S2/c1-6-44-30-19-25(11-14-29(30)45-16-15-21(2)3)32-31(33(41)26-12-13-28-27(18-26)17-23(5)46-28)34(42)35(43)40(32)36-38-39-37(48-36)47-20-24-9-7-22(4)8-10-24/h7-14,18-19,21,23,32,41H,6,15-17,20H2,1-5H3/t23-,32+/m1/s1. The minimum Gasteiger partial charge on any atom is -0.507 e. The molecule has 0 bridgehead atoms. The van der Waals surface area contributed by atoms with Gasteiger partial charge in [0.15, 0.2) is 15.8 Å². The second kappa shape index (κ2) is 14.4. The van der Waals surface area contributed by atoms with E-state index in [1.54, 1.807) is 30.3 Å². The number of Topliss-reactive ketones (excluding diaryl/α,β-unsaturated/α-hetero) is 1. The Kier molecular flexibility index (Phi) is 10.1. The molecular weight excluding hydrogens is 647 g/mol. The molecule has 4 aromatic rings. The fraction of sp³-hybridized carbons (Fsp3) is 0.351. The van der Waals surface area contributed by atoms with Gasteiger partial charge in [0.1, 0.15) is 17.6 Å². The van der Waals surface area contributed by atoms with E-state index in [-0.39, 0.29) is 22.6 Å². The van der Waals surface area contributed by atoms with E-state index in [1.165, 1.54) is 33.6 Å². The van der Waals surface area contributed by atoms with E-state index < -0.39 is 17.7 Å². The maximum absolute atomic E-state index is 13.9. The second-order valence-corrected chi connectivity index (χ2v) is 14.6. The summed E-state index contributed by atoms with van der Waals surface area (Å²) in [4.78, 5) is 29.1. The first kappa shape index (κ1) is 33.5. The van der Waals surface area contributed by atoms with Crippen LogP contribution in [0.4, 0.5) is 5.13 Å². The molecule has 0 aliphatic carbocycles. The Morgan fingerprint density at radius 2 is 1.85 bits per heavy atom. The van der Waals surface area contributed by atoms with Gasteiger partial charge in [-0.3, -0.25) is 14.5 Å². The molecule has 1 fully saturated rings. The lowest BCUT2D eigenvalue weighted by Crippen LogP contribution is -2.29. The second-order valence-electron chi connectivity index (χ2n) is 12.4. The lowest BCUT2D eigenvalue weighted by atomic mass is 9.94. The Labute approximate surface area is 288 Å². The van der Waals surface area contributed by atoms with Crippen molar-refractivity contribution in [3.63, 3.8) is 0 Å². The average molecular weight is 686 g/mol. The maximum Gasteiger partial charge on any atom is 0.301 e. The van der Waals surface area contributed by atoms with Crippen LogP contribution in [0.2, 0.25) is 0 Å². The molecule has 9 nitrogen and oxygen atoms in total. The summed E-state index contributed by atoms with van der Waals surface area (Å²) in [5.41, 5.74) is 4.21. The first-order chi connectivity index (χ1) is 23.1. The number of rotatable bonds is 12. The van der Waals surface area contributed by atoms with Crippen molar-refractivity contribution in [1.82, 2.24) is 10.2 Å². The molecule has 0 saturated carbocycles. The molecular formula is C37H39N3O6S2. The fourth-order valence-electron chi connectivity index (χ4n) is 5.74. The summed E-state index contributed by atoms with van der Waals surface area (Å²) in [6.45, 7) is 11.1. The third-order valence-electron chi connectivity index (χ3n) is 8.23. The number of thioether (sulfide) groups is 1. The van der Waals surface area contributed by atoms with Crippen molar-refractivity contribution in [2.75, 3.05) is 18.1 Å². The quantitative estimate of drug-likeness (QED) is 0.0523. The number of ether oxygens (including phenoxy) is 3. The molecule has 3 heterocycles. The van der Waals surface area contributed by atoms with Gasteiger partial charge in [0.05, 0.1) is 24.8 Å². The largest absolute Gasteiger partial charge is 0.507 e. The zero-order valence-corrected chi connectivity index (χ0v) is 29.3. The molecule has 48 heavy (non-hydrogen) atoms. The molecule has 2 aliphatic heterocycles. The highest BCUT2D eigenvalue weighted by Crippen LogP contribution is 2.46. The van der Waals surface area contributed by atoms with Gasteiger partial charge in [-0.2, -0.15) is 0 Å². The third-order valence-corrected chi connectivity index (χ3v) is 10.4. The first-order valence-electron chi connectivity index (χ1n) is 16.1. The predicted molar refractivity (Wildman–Crippen MR) is 188 cm³/mol. The van der Waals surface area contributed by atoms with E-state index in [9.17, 15) is 14.7 Å². The minimum absolute atomic E-state index is 0.0108. The molecule has 0 spiro atoms. The SMILES string of the molecule is CCOc1cc([C@H]2C(=C(O)c3ccc4c(c3)C[C@@H](C)O4)C(=O)C(=O)N2c2nnc(SCc3ccc(C)cc3)s2)ccc1OCCC(C)C. The van der Waals surface area contributed by atoms with Crippen LogP contribution in [-0.4, -0.2) is 46.3 Å². The number of aromatic nitrogens is 2.